The number of halogens is 2. The first kappa shape index (κ1) is 14.5. The lowest BCUT2D eigenvalue weighted by Gasteiger charge is -2.22. The molecule has 0 aliphatic rings. The second-order valence-corrected chi connectivity index (χ2v) is 5.06. The van der Waals surface area contributed by atoms with Gasteiger partial charge in [-0.1, -0.05) is 30.1 Å². The van der Waals surface area contributed by atoms with E-state index in [2.05, 4.69) is 13.8 Å². The molecule has 0 saturated heterocycles. The van der Waals surface area contributed by atoms with Gasteiger partial charge in [0, 0.05) is 16.6 Å². The summed E-state index contributed by atoms with van der Waals surface area (Å²) >= 11 is 11.9. The molecular formula is C13H17Cl2NO. The minimum absolute atomic E-state index is 0.000278. The summed E-state index contributed by atoms with van der Waals surface area (Å²) in [4.78, 5) is 14.1. The molecule has 4 heteroatoms. The number of Topliss-reactive ketones (excluding diaryl/α,β-unsaturated/α-hetero) is 1. The Bertz CT molecular complexity index is 406. The molecule has 1 aromatic carbocycles. The highest BCUT2D eigenvalue weighted by Crippen LogP contribution is 2.21. The summed E-state index contributed by atoms with van der Waals surface area (Å²) in [5.74, 6) is 0.000278. The van der Waals surface area contributed by atoms with Crippen molar-refractivity contribution in [3.05, 3.63) is 33.8 Å². The Kier molecular flexibility index (Phi) is 5.44. The average Bonchev–Trinajstić information content (AvgIpc) is 2.30. The second-order valence-electron chi connectivity index (χ2n) is 4.22. The number of hydrogen-bond donors (Lipinski definition) is 0. The first-order valence-electron chi connectivity index (χ1n) is 5.64. The van der Waals surface area contributed by atoms with Gasteiger partial charge >= 0.3 is 0 Å². The number of carbonyl (C=O) groups is 1. The highest BCUT2D eigenvalue weighted by atomic mass is 35.5. The number of ketones is 1. The van der Waals surface area contributed by atoms with Crippen molar-refractivity contribution in [2.75, 3.05) is 13.6 Å². The number of nitrogens with zero attached hydrogens (tertiary/aromatic N) is 1. The number of benzene rings is 1. The van der Waals surface area contributed by atoms with Crippen LogP contribution in [0.4, 0.5) is 0 Å². The number of hydrogen-bond acceptors (Lipinski definition) is 2. The van der Waals surface area contributed by atoms with E-state index in [0.29, 0.717) is 28.2 Å². The maximum absolute atomic E-state index is 12.1. The van der Waals surface area contributed by atoms with Gasteiger partial charge in [-0.2, -0.15) is 0 Å². The molecule has 94 valence electrons. The van der Waals surface area contributed by atoms with Crippen LogP contribution >= 0.6 is 23.2 Å². The standard InChI is InChI=1S/C13H17Cl2NO/c1-4-9(2)16(3)8-13(17)11-7-10(14)5-6-12(11)15/h5-7,9H,4,8H2,1-3H3. The fourth-order valence-corrected chi connectivity index (χ4v) is 1.89. The van der Waals surface area contributed by atoms with Crippen molar-refractivity contribution >= 4 is 29.0 Å². The van der Waals surface area contributed by atoms with Crippen molar-refractivity contribution in [3.8, 4) is 0 Å². The SMILES string of the molecule is CCC(C)N(C)CC(=O)c1cc(Cl)ccc1Cl. The lowest BCUT2D eigenvalue weighted by Crippen LogP contribution is -2.33. The van der Waals surface area contributed by atoms with Gasteiger partial charge in [0.15, 0.2) is 5.78 Å². The van der Waals surface area contributed by atoms with Crippen molar-refractivity contribution in [1.82, 2.24) is 4.90 Å². The van der Waals surface area contributed by atoms with E-state index >= 15 is 0 Å². The third-order valence-corrected chi connectivity index (χ3v) is 3.53. The minimum Gasteiger partial charge on any atom is -0.296 e. The summed E-state index contributed by atoms with van der Waals surface area (Å²) in [5.41, 5.74) is 0.495. The Morgan fingerprint density at radius 3 is 2.65 bits per heavy atom. The van der Waals surface area contributed by atoms with Crippen LogP contribution in [0.25, 0.3) is 0 Å². The monoisotopic (exact) mass is 273 g/mol. The van der Waals surface area contributed by atoms with E-state index in [1.165, 1.54) is 0 Å². The molecule has 2 nitrogen and oxygen atoms in total. The molecule has 0 bridgehead atoms. The van der Waals surface area contributed by atoms with Crippen molar-refractivity contribution < 1.29 is 4.79 Å². The summed E-state index contributed by atoms with van der Waals surface area (Å²) in [6.45, 7) is 4.54. The highest BCUT2D eigenvalue weighted by Gasteiger charge is 2.15. The zero-order valence-corrected chi connectivity index (χ0v) is 11.8. The van der Waals surface area contributed by atoms with Crippen LogP contribution in [-0.4, -0.2) is 30.3 Å². The van der Waals surface area contributed by atoms with E-state index in [9.17, 15) is 4.79 Å². The van der Waals surface area contributed by atoms with Gasteiger partial charge in [0.2, 0.25) is 0 Å². The van der Waals surface area contributed by atoms with E-state index in [4.69, 9.17) is 23.2 Å². The Balaban J connectivity index is 2.79. The summed E-state index contributed by atoms with van der Waals surface area (Å²) in [6, 6.07) is 5.33. The van der Waals surface area contributed by atoms with Crippen LogP contribution in [-0.2, 0) is 0 Å². The van der Waals surface area contributed by atoms with Crippen molar-refractivity contribution in [2.24, 2.45) is 0 Å². The van der Waals surface area contributed by atoms with E-state index in [-0.39, 0.29) is 5.78 Å². The largest absolute Gasteiger partial charge is 0.296 e. The van der Waals surface area contributed by atoms with Crippen LogP contribution in [0.3, 0.4) is 0 Å². The average molecular weight is 274 g/mol. The van der Waals surface area contributed by atoms with E-state index < -0.39 is 0 Å². The number of rotatable bonds is 5. The third-order valence-electron chi connectivity index (χ3n) is 2.97. The molecule has 0 amide bonds. The van der Waals surface area contributed by atoms with Gasteiger partial charge in [0.1, 0.15) is 0 Å². The molecule has 0 aliphatic heterocycles. The Morgan fingerprint density at radius 2 is 2.06 bits per heavy atom. The first-order valence-corrected chi connectivity index (χ1v) is 6.39. The summed E-state index contributed by atoms with van der Waals surface area (Å²) < 4.78 is 0. The molecule has 0 heterocycles. The summed E-state index contributed by atoms with van der Waals surface area (Å²) in [5, 5.41) is 0.987. The fourth-order valence-electron chi connectivity index (χ4n) is 1.49. The van der Waals surface area contributed by atoms with Crippen molar-refractivity contribution in [1.29, 1.82) is 0 Å². The second kappa shape index (κ2) is 6.39. The Hall–Kier alpha value is -0.570. The van der Waals surface area contributed by atoms with Gasteiger partial charge in [0.05, 0.1) is 11.6 Å². The van der Waals surface area contributed by atoms with Crippen LogP contribution in [0.1, 0.15) is 30.6 Å². The van der Waals surface area contributed by atoms with Crippen LogP contribution in [0.5, 0.6) is 0 Å². The molecule has 0 fully saturated rings. The quantitative estimate of drug-likeness (QED) is 0.759. The van der Waals surface area contributed by atoms with E-state index in [1.54, 1.807) is 18.2 Å². The molecule has 1 unspecified atom stereocenters. The number of carbonyl (C=O) groups excluding carboxylic acids is 1. The normalized spacial score (nSPS) is 12.8. The predicted octanol–water partition coefficient (Wildman–Crippen LogP) is 3.91. The van der Waals surface area contributed by atoms with E-state index in [0.717, 1.165) is 6.42 Å². The molecule has 1 rings (SSSR count). The predicted molar refractivity (Wildman–Crippen MR) is 73.2 cm³/mol. The maximum Gasteiger partial charge on any atom is 0.178 e. The van der Waals surface area contributed by atoms with Crippen LogP contribution < -0.4 is 0 Å². The third kappa shape index (κ3) is 3.98. The van der Waals surface area contributed by atoms with Crippen molar-refractivity contribution in [3.63, 3.8) is 0 Å². The molecule has 0 spiro atoms. The van der Waals surface area contributed by atoms with Crippen LogP contribution in [0.15, 0.2) is 18.2 Å². The van der Waals surface area contributed by atoms with Gasteiger partial charge in [0.25, 0.3) is 0 Å². The molecule has 0 aromatic heterocycles. The summed E-state index contributed by atoms with van der Waals surface area (Å²) in [6.07, 6.45) is 1.01. The molecule has 17 heavy (non-hydrogen) atoms. The van der Waals surface area contributed by atoms with Gasteiger partial charge in [-0.05, 0) is 38.6 Å². The van der Waals surface area contributed by atoms with E-state index in [1.807, 2.05) is 11.9 Å². The highest BCUT2D eigenvalue weighted by molar-refractivity contribution is 6.36. The molecular weight excluding hydrogens is 257 g/mol. The topological polar surface area (TPSA) is 20.3 Å². The minimum atomic E-state index is 0.000278. The molecule has 1 atom stereocenters. The zero-order valence-electron chi connectivity index (χ0n) is 10.3. The molecule has 1 aromatic rings. The molecule has 0 N–H and O–H groups in total. The number of likely N-dealkylation sites (N-methyl/N-ethyl adjacent to an activating group) is 1. The van der Waals surface area contributed by atoms with Gasteiger partial charge < -0.3 is 0 Å². The first-order chi connectivity index (χ1) is 7.95. The van der Waals surface area contributed by atoms with Gasteiger partial charge in [-0.3, -0.25) is 9.69 Å². The van der Waals surface area contributed by atoms with Gasteiger partial charge in [-0.25, -0.2) is 0 Å². The fraction of sp³-hybridized carbons (Fsp3) is 0.462. The molecule has 0 aliphatic carbocycles. The Labute approximate surface area is 113 Å². The Morgan fingerprint density at radius 1 is 1.41 bits per heavy atom. The van der Waals surface area contributed by atoms with Crippen LogP contribution in [0, 0.1) is 0 Å². The van der Waals surface area contributed by atoms with Gasteiger partial charge in [-0.15, -0.1) is 0 Å². The lowest BCUT2D eigenvalue weighted by molar-refractivity contribution is 0.0923. The zero-order chi connectivity index (χ0) is 13.0. The smallest absolute Gasteiger partial charge is 0.178 e. The summed E-state index contributed by atoms with van der Waals surface area (Å²) in [7, 11) is 1.94. The lowest BCUT2D eigenvalue weighted by atomic mass is 10.1. The van der Waals surface area contributed by atoms with Crippen LogP contribution in [0.2, 0.25) is 10.0 Å². The maximum atomic E-state index is 12.1. The molecule has 0 radical (unpaired) electrons. The van der Waals surface area contributed by atoms with Crippen molar-refractivity contribution in [2.45, 2.75) is 26.3 Å². The molecule has 0 saturated carbocycles.